The minimum Gasteiger partial charge on any atom is -0.325 e. The van der Waals surface area contributed by atoms with Crippen LogP contribution in [0.4, 0.5) is 0 Å². The van der Waals surface area contributed by atoms with Gasteiger partial charge in [-0.05, 0) is 24.3 Å². The Labute approximate surface area is 132 Å². The van der Waals surface area contributed by atoms with Crippen LogP contribution in [0.5, 0.6) is 0 Å². The van der Waals surface area contributed by atoms with Crippen LogP contribution in [-0.2, 0) is 19.5 Å². The molecule has 0 saturated heterocycles. The van der Waals surface area contributed by atoms with E-state index in [1.807, 2.05) is 10.7 Å². The Kier molecular flexibility index (Phi) is 5.22. The first-order valence-corrected chi connectivity index (χ1v) is 8.52. The highest BCUT2D eigenvalue weighted by molar-refractivity contribution is 5.17. The van der Waals surface area contributed by atoms with Gasteiger partial charge in [0.05, 0.1) is 17.9 Å². The lowest BCUT2D eigenvalue weighted by Crippen LogP contribution is -2.12. The summed E-state index contributed by atoms with van der Waals surface area (Å²) in [6, 6.07) is 10.4. The molecule has 0 spiro atoms. The molecule has 2 N–H and O–H groups in total. The minimum absolute atomic E-state index is 0.481. The summed E-state index contributed by atoms with van der Waals surface area (Å²) in [5.41, 5.74) is 9.31. The van der Waals surface area contributed by atoms with E-state index in [1.54, 1.807) is 0 Å². The van der Waals surface area contributed by atoms with Crippen LogP contribution < -0.4 is 5.73 Å². The van der Waals surface area contributed by atoms with E-state index < -0.39 is 0 Å². The van der Waals surface area contributed by atoms with Gasteiger partial charge in [-0.2, -0.15) is 0 Å². The van der Waals surface area contributed by atoms with Gasteiger partial charge in [0.15, 0.2) is 0 Å². The number of nitrogens with zero attached hydrogens (tertiary/aromatic N) is 3. The highest BCUT2D eigenvalue weighted by Gasteiger charge is 2.17. The summed E-state index contributed by atoms with van der Waals surface area (Å²) in [7, 11) is 0. The van der Waals surface area contributed by atoms with Crippen LogP contribution in [0.25, 0.3) is 0 Å². The summed E-state index contributed by atoms with van der Waals surface area (Å²) in [5, 5.41) is 8.62. The Morgan fingerprint density at radius 3 is 2.59 bits per heavy atom. The summed E-state index contributed by atoms with van der Waals surface area (Å²) >= 11 is 0. The average molecular weight is 298 g/mol. The van der Waals surface area contributed by atoms with Crippen molar-refractivity contribution < 1.29 is 0 Å². The van der Waals surface area contributed by atoms with E-state index in [0.717, 1.165) is 24.6 Å². The Morgan fingerprint density at radius 1 is 1.09 bits per heavy atom. The van der Waals surface area contributed by atoms with E-state index in [-0.39, 0.29) is 0 Å². The highest BCUT2D eigenvalue weighted by atomic mass is 15.4. The summed E-state index contributed by atoms with van der Waals surface area (Å²) in [6.45, 7) is 1.27. The summed E-state index contributed by atoms with van der Waals surface area (Å²) in [4.78, 5) is 0. The van der Waals surface area contributed by atoms with Gasteiger partial charge in [-0.1, -0.05) is 67.6 Å². The summed E-state index contributed by atoms with van der Waals surface area (Å²) < 4.78 is 2.04. The molecular formula is C18H26N4. The molecule has 4 nitrogen and oxygen atoms in total. The van der Waals surface area contributed by atoms with Crippen LogP contribution in [0.3, 0.4) is 0 Å². The van der Waals surface area contributed by atoms with Crippen molar-refractivity contribution in [1.29, 1.82) is 0 Å². The first-order valence-electron chi connectivity index (χ1n) is 8.52. The van der Waals surface area contributed by atoms with Crippen molar-refractivity contribution in [3.8, 4) is 0 Å². The van der Waals surface area contributed by atoms with Gasteiger partial charge in [-0.25, -0.2) is 4.68 Å². The molecule has 1 aromatic heterocycles. The maximum absolute atomic E-state index is 5.85. The normalized spacial score (nSPS) is 16.0. The SMILES string of the molecule is NCc1nnn(Cc2ccccc2)c1CCC1CCCCC1. The quantitative estimate of drug-likeness (QED) is 0.890. The monoisotopic (exact) mass is 298 g/mol. The van der Waals surface area contributed by atoms with Crippen LogP contribution in [0.15, 0.2) is 30.3 Å². The summed E-state index contributed by atoms with van der Waals surface area (Å²) in [5.74, 6) is 0.874. The molecule has 118 valence electrons. The van der Waals surface area contributed by atoms with E-state index in [2.05, 4.69) is 34.6 Å². The molecule has 2 aromatic rings. The second-order valence-electron chi connectivity index (χ2n) is 6.37. The fraction of sp³-hybridized carbons (Fsp3) is 0.556. The van der Waals surface area contributed by atoms with Crippen LogP contribution in [0, 0.1) is 5.92 Å². The fourth-order valence-electron chi connectivity index (χ4n) is 3.50. The number of hydrogen-bond acceptors (Lipinski definition) is 3. The predicted molar refractivity (Wildman–Crippen MR) is 88.4 cm³/mol. The third-order valence-electron chi connectivity index (χ3n) is 4.80. The molecule has 0 atom stereocenters. The topological polar surface area (TPSA) is 56.7 Å². The maximum Gasteiger partial charge on any atom is 0.0994 e. The van der Waals surface area contributed by atoms with E-state index >= 15 is 0 Å². The molecule has 4 heteroatoms. The zero-order valence-electron chi connectivity index (χ0n) is 13.2. The molecule has 1 aliphatic rings. The van der Waals surface area contributed by atoms with Crippen molar-refractivity contribution in [2.24, 2.45) is 11.7 Å². The lowest BCUT2D eigenvalue weighted by Gasteiger charge is -2.21. The maximum atomic E-state index is 5.85. The van der Waals surface area contributed by atoms with Gasteiger partial charge in [0.2, 0.25) is 0 Å². The molecule has 1 heterocycles. The molecule has 0 unspecified atom stereocenters. The van der Waals surface area contributed by atoms with Crippen molar-refractivity contribution >= 4 is 0 Å². The Bertz CT molecular complexity index is 570. The Hall–Kier alpha value is -1.68. The van der Waals surface area contributed by atoms with Crippen LogP contribution in [-0.4, -0.2) is 15.0 Å². The molecule has 0 radical (unpaired) electrons. The smallest absolute Gasteiger partial charge is 0.0994 e. The first kappa shape index (κ1) is 15.2. The standard InChI is InChI=1S/C18H26N4/c19-13-17-18(12-11-15-7-3-1-4-8-15)22(21-20-17)14-16-9-5-2-6-10-16/h2,5-6,9-10,15H,1,3-4,7-8,11-14,19H2. The van der Waals surface area contributed by atoms with Gasteiger partial charge in [0.1, 0.15) is 0 Å². The third-order valence-corrected chi connectivity index (χ3v) is 4.80. The van der Waals surface area contributed by atoms with Crippen molar-refractivity contribution in [1.82, 2.24) is 15.0 Å². The van der Waals surface area contributed by atoms with Gasteiger partial charge in [0, 0.05) is 6.54 Å². The molecule has 1 fully saturated rings. The molecule has 1 saturated carbocycles. The summed E-state index contributed by atoms with van der Waals surface area (Å²) in [6.07, 6.45) is 9.28. The average Bonchev–Trinajstić information content (AvgIpc) is 2.96. The third kappa shape index (κ3) is 3.74. The fourth-order valence-corrected chi connectivity index (χ4v) is 3.50. The number of nitrogens with two attached hydrogens (primary N) is 1. The number of rotatable bonds is 6. The second-order valence-corrected chi connectivity index (χ2v) is 6.37. The molecule has 0 bridgehead atoms. The van der Waals surface area contributed by atoms with Crippen molar-refractivity contribution in [2.75, 3.05) is 0 Å². The van der Waals surface area contributed by atoms with Crippen molar-refractivity contribution in [2.45, 2.75) is 58.0 Å². The Morgan fingerprint density at radius 2 is 1.86 bits per heavy atom. The number of benzene rings is 1. The first-order chi connectivity index (χ1) is 10.9. The molecule has 0 amide bonds. The van der Waals surface area contributed by atoms with Crippen molar-refractivity contribution in [3.63, 3.8) is 0 Å². The van der Waals surface area contributed by atoms with Crippen LogP contribution in [0.2, 0.25) is 0 Å². The van der Waals surface area contributed by atoms with Crippen molar-refractivity contribution in [3.05, 3.63) is 47.3 Å². The largest absolute Gasteiger partial charge is 0.325 e. The van der Waals surface area contributed by atoms with Gasteiger partial charge in [-0.3, -0.25) is 0 Å². The molecule has 1 aliphatic carbocycles. The highest BCUT2D eigenvalue weighted by Crippen LogP contribution is 2.27. The lowest BCUT2D eigenvalue weighted by atomic mass is 9.85. The van der Waals surface area contributed by atoms with E-state index in [1.165, 1.54) is 49.8 Å². The number of aromatic nitrogens is 3. The van der Waals surface area contributed by atoms with E-state index in [0.29, 0.717) is 6.54 Å². The van der Waals surface area contributed by atoms with Gasteiger partial charge >= 0.3 is 0 Å². The lowest BCUT2D eigenvalue weighted by molar-refractivity contribution is 0.336. The minimum atomic E-state index is 0.481. The van der Waals surface area contributed by atoms with Crippen LogP contribution in [0.1, 0.15) is 55.5 Å². The van der Waals surface area contributed by atoms with E-state index in [9.17, 15) is 0 Å². The van der Waals surface area contributed by atoms with E-state index in [4.69, 9.17) is 5.73 Å². The Balaban J connectivity index is 1.69. The molecule has 0 aliphatic heterocycles. The van der Waals surface area contributed by atoms with Crippen LogP contribution >= 0.6 is 0 Å². The number of hydrogen-bond donors (Lipinski definition) is 1. The zero-order chi connectivity index (χ0) is 15.2. The predicted octanol–water partition coefficient (Wildman–Crippen LogP) is 3.30. The zero-order valence-corrected chi connectivity index (χ0v) is 13.2. The van der Waals surface area contributed by atoms with Gasteiger partial charge in [-0.15, -0.1) is 5.10 Å². The molecule has 3 rings (SSSR count). The second kappa shape index (κ2) is 7.54. The molecule has 1 aromatic carbocycles. The van der Waals surface area contributed by atoms with Gasteiger partial charge in [0.25, 0.3) is 0 Å². The molecule has 22 heavy (non-hydrogen) atoms. The molecular weight excluding hydrogens is 272 g/mol. The van der Waals surface area contributed by atoms with Gasteiger partial charge < -0.3 is 5.73 Å².